The number of aromatic nitrogens is 1. The van der Waals surface area contributed by atoms with E-state index in [1.165, 1.54) is 0 Å². The number of halogens is 1. The second kappa shape index (κ2) is 6.32. The number of rotatable bonds is 4. The molecule has 0 bridgehead atoms. The molecule has 1 aromatic carbocycles. The van der Waals surface area contributed by atoms with Crippen LogP contribution in [0.1, 0.15) is 5.56 Å². The van der Waals surface area contributed by atoms with Crippen molar-refractivity contribution in [3.63, 3.8) is 0 Å². The lowest BCUT2D eigenvalue weighted by Crippen LogP contribution is -2.17. The lowest BCUT2D eigenvalue weighted by molar-refractivity contribution is 0.318. The molecule has 7 heteroatoms. The van der Waals surface area contributed by atoms with Crippen molar-refractivity contribution in [3.8, 4) is 5.75 Å². The summed E-state index contributed by atoms with van der Waals surface area (Å²) in [5.74, 6) is 1.15. The van der Waals surface area contributed by atoms with E-state index in [-0.39, 0.29) is 5.84 Å². The minimum atomic E-state index is -0.0670. The van der Waals surface area contributed by atoms with Gasteiger partial charge in [0, 0.05) is 30.6 Å². The van der Waals surface area contributed by atoms with Gasteiger partial charge in [-0.3, -0.25) is 0 Å². The van der Waals surface area contributed by atoms with E-state index in [9.17, 15) is 0 Å². The standard InChI is InChI=1S/C14H15ClN4O2/c1-19(9-4-3-5-10(8-9)21-2)14-12(15)11(6-7-17-14)13(16)18-20/h3-8,20H,1-2H3,(H2,16,18). The number of nitrogens with zero attached hydrogens (tertiary/aromatic N) is 3. The molecule has 2 rings (SSSR count). The largest absolute Gasteiger partial charge is 0.497 e. The van der Waals surface area contributed by atoms with Gasteiger partial charge in [0.2, 0.25) is 0 Å². The summed E-state index contributed by atoms with van der Waals surface area (Å²) in [6.07, 6.45) is 1.55. The van der Waals surface area contributed by atoms with Crippen molar-refractivity contribution >= 4 is 28.9 Å². The summed E-state index contributed by atoms with van der Waals surface area (Å²) in [6.45, 7) is 0. The molecule has 2 aromatic rings. The maximum Gasteiger partial charge on any atom is 0.171 e. The molecule has 0 aliphatic carbocycles. The van der Waals surface area contributed by atoms with Crippen LogP contribution >= 0.6 is 11.6 Å². The van der Waals surface area contributed by atoms with Gasteiger partial charge in [-0.25, -0.2) is 4.98 Å². The monoisotopic (exact) mass is 306 g/mol. The maximum atomic E-state index is 8.78. The zero-order valence-electron chi connectivity index (χ0n) is 11.6. The van der Waals surface area contributed by atoms with Gasteiger partial charge in [0.15, 0.2) is 11.7 Å². The smallest absolute Gasteiger partial charge is 0.171 e. The van der Waals surface area contributed by atoms with Gasteiger partial charge >= 0.3 is 0 Å². The van der Waals surface area contributed by atoms with Gasteiger partial charge in [0.25, 0.3) is 0 Å². The van der Waals surface area contributed by atoms with Crippen molar-refractivity contribution in [1.82, 2.24) is 4.98 Å². The van der Waals surface area contributed by atoms with Crippen LogP contribution in [0, 0.1) is 0 Å². The molecule has 0 fully saturated rings. The summed E-state index contributed by atoms with van der Waals surface area (Å²) in [7, 11) is 3.42. The zero-order chi connectivity index (χ0) is 15.4. The Morgan fingerprint density at radius 2 is 2.19 bits per heavy atom. The van der Waals surface area contributed by atoms with Gasteiger partial charge in [-0.05, 0) is 18.2 Å². The Labute approximate surface area is 127 Å². The first kappa shape index (κ1) is 14.9. The molecule has 0 radical (unpaired) electrons. The fourth-order valence-electron chi connectivity index (χ4n) is 1.86. The normalized spacial score (nSPS) is 11.3. The molecule has 1 aromatic heterocycles. The number of oxime groups is 1. The third-order valence-electron chi connectivity index (χ3n) is 3.01. The summed E-state index contributed by atoms with van der Waals surface area (Å²) in [6, 6.07) is 9.05. The first-order valence-corrected chi connectivity index (χ1v) is 6.46. The van der Waals surface area contributed by atoms with Crippen LogP contribution in [0.15, 0.2) is 41.7 Å². The maximum absolute atomic E-state index is 8.78. The van der Waals surface area contributed by atoms with Gasteiger partial charge in [-0.1, -0.05) is 22.8 Å². The van der Waals surface area contributed by atoms with E-state index < -0.39 is 0 Å². The van der Waals surface area contributed by atoms with Crippen LogP contribution in [-0.2, 0) is 0 Å². The Morgan fingerprint density at radius 3 is 2.86 bits per heavy atom. The molecule has 6 nitrogen and oxygen atoms in total. The average molecular weight is 307 g/mol. The molecule has 0 saturated carbocycles. The molecule has 21 heavy (non-hydrogen) atoms. The Morgan fingerprint density at radius 1 is 1.43 bits per heavy atom. The topological polar surface area (TPSA) is 84.0 Å². The third-order valence-corrected chi connectivity index (χ3v) is 3.39. The quantitative estimate of drug-likeness (QED) is 0.392. The van der Waals surface area contributed by atoms with Crippen molar-refractivity contribution in [2.45, 2.75) is 0 Å². The number of anilines is 2. The first-order valence-electron chi connectivity index (χ1n) is 6.08. The third kappa shape index (κ3) is 3.00. The Hall–Kier alpha value is -2.47. The molecule has 0 atom stereocenters. The zero-order valence-corrected chi connectivity index (χ0v) is 12.4. The van der Waals surface area contributed by atoms with E-state index in [0.29, 0.717) is 16.4 Å². The number of hydrogen-bond donors (Lipinski definition) is 2. The van der Waals surface area contributed by atoms with Gasteiger partial charge in [0.1, 0.15) is 5.75 Å². The number of methoxy groups -OCH3 is 1. The molecule has 0 saturated heterocycles. The summed E-state index contributed by atoms with van der Waals surface area (Å²) >= 11 is 6.29. The average Bonchev–Trinajstić information content (AvgIpc) is 2.53. The SMILES string of the molecule is COc1cccc(N(C)c2nccc(/C(N)=N/O)c2Cl)c1. The van der Waals surface area contributed by atoms with Crippen LogP contribution in [-0.4, -0.2) is 30.2 Å². The first-order chi connectivity index (χ1) is 10.1. The van der Waals surface area contributed by atoms with E-state index in [2.05, 4.69) is 10.1 Å². The number of amidine groups is 1. The summed E-state index contributed by atoms with van der Waals surface area (Å²) in [4.78, 5) is 6.04. The number of hydrogen-bond acceptors (Lipinski definition) is 5. The lowest BCUT2D eigenvalue weighted by atomic mass is 10.2. The van der Waals surface area contributed by atoms with Crippen molar-refractivity contribution in [3.05, 3.63) is 47.1 Å². The summed E-state index contributed by atoms with van der Waals surface area (Å²) in [5, 5.41) is 12.0. The second-order valence-electron chi connectivity index (χ2n) is 4.24. The molecule has 0 aliphatic rings. The Kier molecular flexibility index (Phi) is 4.49. The van der Waals surface area contributed by atoms with E-state index in [1.807, 2.05) is 31.3 Å². The fourth-order valence-corrected chi connectivity index (χ4v) is 2.19. The van der Waals surface area contributed by atoms with Gasteiger partial charge in [-0.15, -0.1) is 0 Å². The minimum Gasteiger partial charge on any atom is -0.497 e. The minimum absolute atomic E-state index is 0.0670. The van der Waals surface area contributed by atoms with Crippen molar-refractivity contribution in [2.75, 3.05) is 19.1 Å². The van der Waals surface area contributed by atoms with E-state index in [1.54, 1.807) is 24.3 Å². The van der Waals surface area contributed by atoms with Crippen LogP contribution in [0.4, 0.5) is 11.5 Å². The van der Waals surface area contributed by atoms with E-state index in [4.69, 9.17) is 27.3 Å². The molecule has 110 valence electrons. The van der Waals surface area contributed by atoms with Gasteiger partial charge in [-0.2, -0.15) is 0 Å². The van der Waals surface area contributed by atoms with Crippen LogP contribution in [0.5, 0.6) is 5.75 Å². The molecule has 1 heterocycles. The van der Waals surface area contributed by atoms with E-state index >= 15 is 0 Å². The highest BCUT2D eigenvalue weighted by Gasteiger charge is 2.15. The van der Waals surface area contributed by atoms with E-state index in [0.717, 1.165) is 11.4 Å². The molecule has 3 N–H and O–H groups in total. The number of pyridine rings is 1. The second-order valence-corrected chi connectivity index (χ2v) is 4.62. The molecule has 0 amide bonds. The van der Waals surface area contributed by atoms with Gasteiger partial charge < -0.3 is 20.6 Å². The Bertz CT molecular complexity index is 676. The Balaban J connectivity index is 2.46. The number of nitrogens with two attached hydrogens (primary N) is 1. The predicted molar refractivity (Wildman–Crippen MR) is 82.8 cm³/mol. The molecular weight excluding hydrogens is 292 g/mol. The van der Waals surface area contributed by atoms with Crippen LogP contribution in [0.25, 0.3) is 0 Å². The lowest BCUT2D eigenvalue weighted by Gasteiger charge is -2.21. The molecule has 0 spiro atoms. The predicted octanol–water partition coefficient (Wildman–Crippen LogP) is 2.61. The highest BCUT2D eigenvalue weighted by Crippen LogP contribution is 2.32. The molecule has 0 unspecified atom stereocenters. The number of ether oxygens (including phenoxy) is 1. The van der Waals surface area contributed by atoms with Gasteiger partial charge in [0.05, 0.1) is 12.1 Å². The van der Waals surface area contributed by atoms with Crippen molar-refractivity contribution in [2.24, 2.45) is 10.9 Å². The van der Waals surface area contributed by atoms with Crippen molar-refractivity contribution < 1.29 is 9.94 Å². The highest BCUT2D eigenvalue weighted by atomic mass is 35.5. The summed E-state index contributed by atoms with van der Waals surface area (Å²) < 4.78 is 5.20. The highest BCUT2D eigenvalue weighted by molar-refractivity contribution is 6.36. The van der Waals surface area contributed by atoms with Crippen LogP contribution in [0.3, 0.4) is 0 Å². The fraction of sp³-hybridized carbons (Fsp3) is 0.143. The number of benzene rings is 1. The van der Waals surface area contributed by atoms with Crippen LogP contribution < -0.4 is 15.4 Å². The molecule has 0 aliphatic heterocycles. The molecular formula is C14H15ClN4O2. The summed E-state index contributed by atoms with van der Waals surface area (Å²) in [5.41, 5.74) is 6.86. The van der Waals surface area contributed by atoms with Crippen molar-refractivity contribution in [1.29, 1.82) is 0 Å². The van der Waals surface area contributed by atoms with Crippen LogP contribution in [0.2, 0.25) is 5.02 Å².